The van der Waals surface area contributed by atoms with Crippen LogP contribution in [0.4, 0.5) is 10.5 Å². The van der Waals surface area contributed by atoms with E-state index in [9.17, 15) is 19.7 Å². The Bertz CT molecular complexity index is 818. The Morgan fingerprint density at radius 3 is 2.59 bits per heavy atom. The number of rotatable bonds is 9. The molecule has 1 aromatic rings. The predicted octanol–water partition coefficient (Wildman–Crippen LogP) is 3.74. The zero-order valence-electron chi connectivity index (χ0n) is 17.1. The van der Waals surface area contributed by atoms with Gasteiger partial charge >= 0.3 is 17.7 Å². The molecule has 0 bridgehead atoms. The van der Waals surface area contributed by atoms with Gasteiger partial charge < -0.3 is 20.1 Å². The van der Waals surface area contributed by atoms with Crippen molar-refractivity contribution < 1.29 is 24.0 Å². The molecular formula is C20H27N3O6. The van der Waals surface area contributed by atoms with Gasteiger partial charge in [-0.3, -0.25) is 10.1 Å². The van der Waals surface area contributed by atoms with Gasteiger partial charge in [0.1, 0.15) is 0 Å². The fraction of sp³-hybridized carbons (Fsp3) is 0.500. The van der Waals surface area contributed by atoms with Crippen molar-refractivity contribution in [2.45, 2.75) is 59.1 Å². The van der Waals surface area contributed by atoms with E-state index < -0.39 is 23.0 Å². The normalized spacial score (nSPS) is 16.3. The van der Waals surface area contributed by atoms with Crippen molar-refractivity contribution in [1.82, 2.24) is 10.6 Å². The standard InChI is InChI=1S/C20H27N3O6/c1-5-7-14-17(19(24)29-12(3)4)18(22-20(25)21-14)13-8-9-16(28-10-6-2)15(11-13)23(26)27/h8-9,11-12,18H,5-7,10H2,1-4H3,(H2,21,22,25). The third-order valence-electron chi connectivity index (χ3n) is 4.19. The van der Waals surface area contributed by atoms with E-state index in [-0.39, 0.29) is 23.1 Å². The highest BCUT2D eigenvalue weighted by molar-refractivity contribution is 5.95. The molecule has 1 atom stereocenters. The van der Waals surface area contributed by atoms with Gasteiger partial charge in [0.05, 0.1) is 29.2 Å². The van der Waals surface area contributed by atoms with Crippen LogP contribution in [0.3, 0.4) is 0 Å². The minimum atomic E-state index is -0.865. The molecule has 1 unspecified atom stereocenters. The second-order valence-corrected chi connectivity index (χ2v) is 6.96. The molecule has 2 rings (SSSR count). The molecule has 9 heteroatoms. The number of allylic oxidation sites excluding steroid dienone is 1. The topological polar surface area (TPSA) is 120 Å². The van der Waals surface area contributed by atoms with Crippen LogP contribution in [0.5, 0.6) is 5.75 Å². The smallest absolute Gasteiger partial charge is 0.338 e. The lowest BCUT2D eigenvalue weighted by Crippen LogP contribution is -2.46. The molecule has 9 nitrogen and oxygen atoms in total. The van der Waals surface area contributed by atoms with E-state index in [2.05, 4.69) is 10.6 Å². The minimum absolute atomic E-state index is 0.143. The number of hydrogen-bond acceptors (Lipinski definition) is 6. The molecule has 1 aliphatic rings. The molecule has 1 aliphatic heterocycles. The number of amides is 2. The molecule has 2 N–H and O–H groups in total. The van der Waals surface area contributed by atoms with Crippen LogP contribution < -0.4 is 15.4 Å². The molecule has 29 heavy (non-hydrogen) atoms. The molecule has 2 amide bonds. The molecule has 158 valence electrons. The highest BCUT2D eigenvalue weighted by Crippen LogP contribution is 2.35. The van der Waals surface area contributed by atoms with Gasteiger partial charge in [-0.05, 0) is 38.3 Å². The molecule has 0 aliphatic carbocycles. The highest BCUT2D eigenvalue weighted by Gasteiger charge is 2.35. The van der Waals surface area contributed by atoms with Gasteiger partial charge in [0.2, 0.25) is 0 Å². The Hall–Kier alpha value is -3.10. The molecule has 0 saturated heterocycles. The minimum Gasteiger partial charge on any atom is -0.487 e. The van der Waals surface area contributed by atoms with Crippen LogP contribution in [0.2, 0.25) is 0 Å². The van der Waals surface area contributed by atoms with E-state index in [4.69, 9.17) is 9.47 Å². The summed E-state index contributed by atoms with van der Waals surface area (Å²) in [4.78, 5) is 36.0. The summed E-state index contributed by atoms with van der Waals surface area (Å²) < 4.78 is 10.8. The van der Waals surface area contributed by atoms with Crippen LogP contribution in [0.25, 0.3) is 0 Å². The number of esters is 1. The van der Waals surface area contributed by atoms with Crippen LogP contribution in [-0.2, 0) is 9.53 Å². The first kappa shape index (κ1) is 22.2. The lowest BCUT2D eigenvalue weighted by Gasteiger charge is -2.30. The Morgan fingerprint density at radius 2 is 2.00 bits per heavy atom. The third kappa shape index (κ3) is 5.46. The Morgan fingerprint density at radius 1 is 1.28 bits per heavy atom. The quantitative estimate of drug-likeness (QED) is 0.367. The van der Waals surface area contributed by atoms with Crippen molar-refractivity contribution in [3.05, 3.63) is 45.1 Å². The summed E-state index contributed by atoms with van der Waals surface area (Å²) in [5.74, 6) is -0.431. The van der Waals surface area contributed by atoms with Crippen LogP contribution in [0.1, 0.15) is 58.6 Å². The van der Waals surface area contributed by atoms with Gasteiger partial charge in [-0.25, -0.2) is 9.59 Å². The summed E-state index contributed by atoms with van der Waals surface area (Å²) in [7, 11) is 0. The number of carbonyl (C=O) groups is 2. The molecule has 1 aromatic carbocycles. The molecular weight excluding hydrogens is 378 g/mol. The molecule has 0 saturated carbocycles. The third-order valence-corrected chi connectivity index (χ3v) is 4.19. The largest absolute Gasteiger partial charge is 0.487 e. The van der Waals surface area contributed by atoms with Crippen molar-refractivity contribution in [2.75, 3.05) is 6.61 Å². The number of nitro groups is 1. The van der Waals surface area contributed by atoms with Crippen molar-refractivity contribution in [3.8, 4) is 5.75 Å². The van der Waals surface area contributed by atoms with Gasteiger partial charge in [0.15, 0.2) is 5.75 Å². The number of nitro benzene ring substituents is 1. The maximum absolute atomic E-state index is 12.8. The highest BCUT2D eigenvalue weighted by atomic mass is 16.6. The van der Waals surface area contributed by atoms with E-state index in [0.717, 1.165) is 0 Å². The van der Waals surface area contributed by atoms with E-state index in [1.54, 1.807) is 19.9 Å². The lowest BCUT2D eigenvalue weighted by molar-refractivity contribution is -0.385. The zero-order valence-corrected chi connectivity index (χ0v) is 17.1. The van der Waals surface area contributed by atoms with E-state index in [1.165, 1.54) is 12.1 Å². The molecule has 0 fully saturated rings. The fourth-order valence-electron chi connectivity index (χ4n) is 3.02. The fourth-order valence-corrected chi connectivity index (χ4v) is 3.02. The van der Waals surface area contributed by atoms with Crippen molar-refractivity contribution in [2.24, 2.45) is 0 Å². The Balaban J connectivity index is 2.54. The predicted molar refractivity (Wildman–Crippen MR) is 106 cm³/mol. The number of urea groups is 1. The monoisotopic (exact) mass is 405 g/mol. The number of hydrogen-bond donors (Lipinski definition) is 2. The van der Waals surface area contributed by atoms with Crippen molar-refractivity contribution in [1.29, 1.82) is 0 Å². The Labute approximate surface area is 169 Å². The molecule has 0 spiro atoms. The second-order valence-electron chi connectivity index (χ2n) is 6.96. The number of ether oxygens (including phenoxy) is 2. The number of carbonyl (C=O) groups excluding carboxylic acids is 2. The van der Waals surface area contributed by atoms with Gasteiger partial charge in [0.25, 0.3) is 0 Å². The van der Waals surface area contributed by atoms with Crippen molar-refractivity contribution in [3.63, 3.8) is 0 Å². The van der Waals surface area contributed by atoms with Crippen LogP contribution in [0, 0.1) is 10.1 Å². The Kier molecular flexibility index (Phi) is 7.58. The number of nitrogens with one attached hydrogen (secondary N) is 2. The van der Waals surface area contributed by atoms with Gasteiger partial charge in [-0.1, -0.05) is 26.3 Å². The molecule has 0 aromatic heterocycles. The average molecular weight is 405 g/mol. The van der Waals surface area contributed by atoms with E-state index in [1.807, 2.05) is 13.8 Å². The number of benzene rings is 1. The van der Waals surface area contributed by atoms with Crippen molar-refractivity contribution >= 4 is 17.7 Å². The summed E-state index contributed by atoms with van der Waals surface area (Å²) in [5.41, 5.74) is 0.884. The van der Waals surface area contributed by atoms with Gasteiger partial charge in [0, 0.05) is 11.8 Å². The van der Waals surface area contributed by atoms with E-state index in [0.29, 0.717) is 37.1 Å². The lowest BCUT2D eigenvalue weighted by atomic mass is 9.93. The van der Waals surface area contributed by atoms with Crippen LogP contribution >= 0.6 is 0 Å². The summed E-state index contributed by atoms with van der Waals surface area (Å²) >= 11 is 0. The molecule has 0 radical (unpaired) electrons. The maximum Gasteiger partial charge on any atom is 0.338 e. The van der Waals surface area contributed by atoms with Gasteiger partial charge in [-0.15, -0.1) is 0 Å². The number of nitrogens with zero attached hydrogens (tertiary/aromatic N) is 1. The van der Waals surface area contributed by atoms with Crippen LogP contribution in [-0.4, -0.2) is 29.6 Å². The summed E-state index contributed by atoms with van der Waals surface area (Å²) in [5, 5.41) is 16.9. The van der Waals surface area contributed by atoms with Crippen LogP contribution in [0.15, 0.2) is 29.5 Å². The first-order valence-corrected chi connectivity index (χ1v) is 9.71. The zero-order chi connectivity index (χ0) is 21.6. The second kappa shape index (κ2) is 9.90. The average Bonchev–Trinajstić information content (AvgIpc) is 2.65. The SMILES string of the molecule is CCCOc1ccc(C2NC(=O)NC(CCC)=C2C(=O)OC(C)C)cc1[N+](=O)[O-]. The maximum atomic E-state index is 12.8. The summed E-state index contributed by atoms with van der Waals surface area (Å²) in [6.45, 7) is 7.62. The summed E-state index contributed by atoms with van der Waals surface area (Å²) in [6, 6.07) is 3.08. The molecule has 1 heterocycles. The first-order chi connectivity index (χ1) is 13.8. The first-order valence-electron chi connectivity index (χ1n) is 9.71. The van der Waals surface area contributed by atoms with E-state index >= 15 is 0 Å². The van der Waals surface area contributed by atoms with Gasteiger partial charge in [-0.2, -0.15) is 0 Å². The summed E-state index contributed by atoms with van der Waals surface area (Å²) in [6.07, 6.45) is 1.52.